The van der Waals surface area contributed by atoms with E-state index in [0.717, 1.165) is 0 Å². The SMILES string of the molecule is CC(=O)N[C@@H]1[C@H](OCCCC2O[C@H](CO)C(C)(C)[C@H](O)[C@H]2O)[C@@H](CO)OC[C@H]1O. The van der Waals surface area contributed by atoms with E-state index >= 15 is 0 Å². The Hall–Kier alpha value is -0.850. The molecular weight excluding hydrogens is 386 g/mol. The summed E-state index contributed by atoms with van der Waals surface area (Å²) in [7, 11) is 0. The lowest BCUT2D eigenvalue weighted by Gasteiger charge is -2.48. The highest BCUT2D eigenvalue weighted by molar-refractivity contribution is 5.73. The molecule has 0 saturated carbocycles. The number of nitrogens with one attached hydrogen (secondary N) is 1. The Morgan fingerprint density at radius 3 is 2.45 bits per heavy atom. The van der Waals surface area contributed by atoms with Crippen LogP contribution in [0.4, 0.5) is 0 Å². The lowest BCUT2D eigenvalue weighted by atomic mass is 9.74. The minimum Gasteiger partial charge on any atom is -0.394 e. The van der Waals surface area contributed by atoms with Crippen molar-refractivity contribution in [1.82, 2.24) is 5.32 Å². The summed E-state index contributed by atoms with van der Waals surface area (Å²) in [6, 6.07) is -0.712. The number of aliphatic hydroxyl groups excluding tert-OH is 5. The molecule has 0 radical (unpaired) electrons. The van der Waals surface area contributed by atoms with Crippen LogP contribution in [0, 0.1) is 5.41 Å². The maximum absolute atomic E-state index is 11.4. The highest BCUT2D eigenvalue weighted by atomic mass is 16.6. The van der Waals surface area contributed by atoms with Gasteiger partial charge < -0.3 is 45.1 Å². The van der Waals surface area contributed by atoms with Crippen LogP contribution in [0.2, 0.25) is 0 Å². The van der Waals surface area contributed by atoms with Crippen LogP contribution < -0.4 is 5.32 Å². The normalized spacial score (nSPS) is 39.9. The summed E-state index contributed by atoms with van der Waals surface area (Å²) in [4.78, 5) is 11.4. The van der Waals surface area contributed by atoms with Gasteiger partial charge in [0.05, 0.1) is 44.2 Å². The average Bonchev–Trinajstić information content (AvgIpc) is 2.67. The zero-order chi connectivity index (χ0) is 21.8. The molecule has 0 aromatic rings. The molecule has 2 rings (SSSR count). The first-order valence-corrected chi connectivity index (χ1v) is 10.0. The fourth-order valence-corrected chi connectivity index (χ4v) is 3.97. The minimum absolute atomic E-state index is 0.0195. The van der Waals surface area contributed by atoms with Gasteiger partial charge in [0.25, 0.3) is 0 Å². The monoisotopic (exact) mass is 421 g/mol. The zero-order valence-electron chi connectivity index (χ0n) is 17.2. The average molecular weight is 421 g/mol. The maximum atomic E-state index is 11.4. The summed E-state index contributed by atoms with van der Waals surface area (Å²) >= 11 is 0. The fourth-order valence-electron chi connectivity index (χ4n) is 3.97. The number of hydrogen-bond acceptors (Lipinski definition) is 9. The van der Waals surface area contributed by atoms with Gasteiger partial charge in [0.1, 0.15) is 24.4 Å². The van der Waals surface area contributed by atoms with Crippen LogP contribution in [0.5, 0.6) is 0 Å². The van der Waals surface area contributed by atoms with Crippen molar-refractivity contribution in [1.29, 1.82) is 0 Å². The summed E-state index contributed by atoms with van der Waals surface area (Å²) in [6.45, 7) is 4.38. The Morgan fingerprint density at radius 2 is 1.86 bits per heavy atom. The van der Waals surface area contributed by atoms with Crippen molar-refractivity contribution in [3.63, 3.8) is 0 Å². The van der Waals surface area contributed by atoms with Crippen molar-refractivity contribution < 1.29 is 44.5 Å². The molecule has 2 saturated heterocycles. The predicted molar refractivity (Wildman–Crippen MR) is 101 cm³/mol. The second-order valence-electron chi connectivity index (χ2n) is 8.43. The molecule has 8 atom stereocenters. The number of carbonyl (C=O) groups is 1. The van der Waals surface area contributed by atoms with E-state index in [9.17, 15) is 30.3 Å². The summed E-state index contributed by atoms with van der Waals surface area (Å²) < 4.78 is 17.0. The summed E-state index contributed by atoms with van der Waals surface area (Å²) in [5.74, 6) is -0.327. The lowest BCUT2D eigenvalue weighted by Crippen LogP contribution is -2.62. The third-order valence-electron chi connectivity index (χ3n) is 5.91. The first kappa shape index (κ1) is 24.4. The lowest BCUT2D eigenvalue weighted by molar-refractivity contribution is -0.239. The summed E-state index contributed by atoms with van der Waals surface area (Å²) in [5, 5.41) is 52.6. The Bertz CT molecular complexity index is 528. The van der Waals surface area contributed by atoms with Crippen LogP contribution >= 0.6 is 0 Å². The van der Waals surface area contributed by atoms with Crippen molar-refractivity contribution in [3.8, 4) is 0 Å². The molecule has 0 aromatic heterocycles. The van der Waals surface area contributed by atoms with Crippen molar-refractivity contribution in [2.75, 3.05) is 26.4 Å². The first-order chi connectivity index (χ1) is 13.6. The van der Waals surface area contributed by atoms with Crippen LogP contribution in [0.1, 0.15) is 33.6 Å². The largest absolute Gasteiger partial charge is 0.394 e. The molecule has 1 unspecified atom stereocenters. The third-order valence-corrected chi connectivity index (χ3v) is 5.91. The third kappa shape index (κ3) is 5.65. The molecule has 2 aliphatic heterocycles. The van der Waals surface area contributed by atoms with Gasteiger partial charge in [-0.1, -0.05) is 13.8 Å². The predicted octanol–water partition coefficient (Wildman–Crippen LogP) is -2.08. The summed E-state index contributed by atoms with van der Waals surface area (Å²) in [5.41, 5.74) is -0.781. The van der Waals surface area contributed by atoms with E-state index in [-0.39, 0.29) is 32.3 Å². The molecule has 2 fully saturated rings. The number of ether oxygens (including phenoxy) is 3. The number of rotatable bonds is 8. The molecule has 0 spiro atoms. The van der Waals surface area contributed by atoms with Gasteiger partial charge >= 0.3 is 0 Å². The van der Waals surface area contributed by atoms with Gasteiger partial charge in [-0.25, -0.2) is 0 Å². The number of aliphatic hydroxyl groups is 5. The summed E-state index contributed by atoms with van der Waals surface area (Å²) in [6.07, 6.45) is -4.96. The van der Waals surface area contributed by atoms with Crippen LogP contribution in [-0.4, -0.2) is 107 Å². The molecular formula is C19H35NO9. The van der Waals surface area contributed by atoms with Gasteiger partial charge in [0, 0.05) is 18.9 Å². The van der Waals surface area contributed by atoms with Crippen LogP contribution in [0.15, 0.2) is 0 Å². The molecule has 10 heteroatoms. The fraction of sp³-hybridized carbons (Fsp3) is 0.947. The van der Waals surface area contributed by atoms with E-state index in [1.54, 1.807) is 13.8 Å². The minimum atomic E-state index is -1.09. The second kappa shape index (κ2) is 10.5. The molecule has 1 amide bonds. The van der Waals surface area contributed by atoms with E-state index in [1.807, 2.05) is 0 Å². The Kier molecular flexibility index (Phi) is 8.80. The van der Waals surface area contributed by atoms with Crippen LogP contribution in [0.3, 0.4) is 0 Å². The Labute approximate surface area is 170 Å². The number of amides is 1. The van der Waals surface area contributed by atoms with Gasteiger partial charge in [0.15, 0.2) is 0 Å². The van der Waals surface area contributed by atoms with E-state index in [1.165, 1.54) is 6.92 Å². The molecule has 0 aliphatic carbocycles. The Balaban J connectivity index is 1.91. The topological polar surface area (TPSA) is 158 Å². The van der Waals surface area contributed by atoms with E-state index in [0.29, 0.717) is 12.8 Å². The van der Waals surface area contributed by atoms with Gasteiger partial charge in [-0.2, -0.15) is 0 Å². The van der Waals surface area contributed by atoms with E-state index in [2.05, 4.69) is 5.32 Å². The van der Waals surface area contributed by atoms with Gasteiger partial charge in [-0.3, -0.25) is 4.79 Å². The van der Waals surface area contributed by atoms with Gasteiger partial charge in [0.2, 0.25) is 5.91 Å². The molecule has 6 N–H and O–H groups in total. The Morgan fingerprint density at radius 1 is 1.17 bits per heavy atom. The smallest absolute Gasteiger partial charge is 0.217 e. The highest BCUT2D eigenvalue weighted by Gasteiger charge is 2.49. The molecule has 29 heavy (non-hydrogen) atoms. The van der Waals surface area contributed by atoms with Crippen molar-refractivity contribution in [2.45, 2.75) is 82.4 Å². The second-order valence-corrected chi connectivity index (χ2v) is 8.43. The molecule has 170 valence electrons. The van der Waals surface area contributed by atoms with E-state index in [4.69, 9.17) is 14.2 Å². The standard InChI is InChI=1S/C19H35NO9/c1-10(23)20-15-11(24)9-28-13(7-21)17(15)27-6-4-5-12-16(25)18(26)19(2,3)14(8-22)29-12/h11-18,21-22,24-26H,4-9H2,1-3H3,(H,20,23)/t11-,12?,13-,14-,15+,16+,17-,18-/m1/s1. The van der Waals surface area contributed by atoms with Crippen LogP contribution in [0.25, 0.3) is 0 Å². The van der Waals surface area contributed by atoms with E-state index < -0.39 is 54.2 Å². The molecule has 0 bridgehead atoms. The maximum Gasteiger partial charge on any atom is 0.217 e. The van der Waals surface area contributed by atoms with Crippen molar-refractivity contribution >= 4 is 5.91 Å². The number of hydrogen-bond donors (Lipinski definition) is 6. The van der Waals surface area contributed by atoms with Gasteiger partial charge in [-0.15, -0.1) is 0 Å². The first-order valence-electron chi connectivity index (χ1n) is 10.0. The molecule has 2 heterocycles. The molecule has 10 nitrogen and oxygen atoms in total. The highest BCUT2D eigenvalue weighted by Crippen LogP contribution is 2.37. The zero-order valence-corrected chi connectivity index (χ0v) is 17.2. The van der Waals surface area contributed by atoms with Crippen LogP contribution in [-0.2, 0) is 19.0 Å². The molecule has 2 aliphatic rings. The quantitative estimate of drug-likeness (QED) is 0.242. The van der Waals surface area contributed by atoms with Crippen molar-refractivity contribution in [3.05, 3.63) is 0 Å². The number of carbonyl (C=O) groups excluding carboxylic acids is 1. The molecule has 0 aromatic carbocycles. The van der Waals surface area contributed by atoms with Crippen molar-refractivity contribution in [2.24, 2.45) is 5.41 Å². The van der Waals surface area contributed by atoms with Gasteiger partial charge in [-0.05, 0) is 12.8 Å².